The SMILES string of the molecule is CC(C)(C)OC(=O)N1CCC[C@H](Nc2nc(Br)cnc2N)C1. The number of ether oxygens (including phenoxy) is 1. The molecule has 1 aromatic rings. The van der Waals surface area contributed by atoms with Crippen LogP contribution in [0.2, 0.25) is 0 Å². The quantitative estimate of drug-likeness (QED) is 0.829. The zero-order chi connectivity index (χ0) is 16.3. The third-order valence-electron chi connectivity index (χ3n) is 3.19. The molecule has 0 bridgehead atoms. The zero-order valence-corrected chi connectivity index (χ0v) is 14.7. The van der Waals surface area contributed by atoms with Crippen LogP contribution in [0, 0.1) is 0 Å². The summed E-state index contributed by atoms with van der Waals surface area (Å²) in [5.74, 6) is 0.878. The Hall–Kier alpha value is -1.57. The average molecular weight is 372 g/mol. The van der Waals surface area contributed by atoms with Gasteiger partial charge in [0, 0.05) is 19.1 Å². The lowest BCUT2D eigenvalue weighted by molar-refractivity contribution is 0.0206. The van der Waals surface area contributed by atoms with Gasteiger partial charge in [0.25, 0.3) is 0 Å². The Kier molecular flexibility index (Phi) is 5.10. The zero-order valence-electron chi connectivity index (χ0n) is 13.1. The van der Waals surface area contributed by atoms with Gasteiger partial charge in [0.2, 0.25) is 0 Å². The molecule has 0 aliphatic carbocycles. The number of halogens is 1. The molecule has 1 saturated heterocycles. The smallest absolute Gasteiger partial charge is 0.410 e. The van der Waals surface area contributed by atoms with Gasteiger partial charge in [-0.1, -0.05) is 0 Å². The summed E-state index contributed by atoms with van der Waals surface area (Å²) in [7, 11) is 0. The molecule has 0 saturated carbocycles. The Balaban J connectivity index is 1.98. The Morgan fingerprint density at radius 3 is 2.95 bits per heavy atom. The monoisotopic (exact) mass is 371 g/mol. The molecule has 122 valence electrons. The number of nitrogens with zero attached hydrogens (tertiary/aromatic N) is 3. The van der Waals surface area contributed by atoms with Crippen molar-refractivity contribution in [3.63, 3.8) is 0 Å². The fourth-order valence-corrected chi connectivity index (χ4v) is 2.54. The number of likely N-dealkylation sites (tertiary alicyclic amines) is 1. The molecule has 7 nitrogen and oxygen atoms in total. The fourth-order valence-electron chi connectivity index (χ4n) is 2.26. The first-order chi connectivity index (χ1) is 10.2. The average Bonchev–Trinajstić information content (AvgIpc) is 2.41. The largest absolute Gasteiger partial charge is 0.444 e. The van der Waals surface area contributed by atoms with Gasteiger partial charge in [0.15, 0.2) is 11.6 Å². The molecule has 0 aromatic carbocycles. The van der Waals surface area contributed by atoms with Gasteiger partial charge in [-0.05, 0) is 49.5 Å². The Morgan fingerprint density at radius 2 is 2.27 bits per heavy atom. The number of aromatic nitrogens is 2. The van der Waals surface area contributed by atoms with E-state index in [9.17, 15) is 4.79 Å². The first-order valence-electron chi connectivity index (χ1n) is 7.27. The minimum atomic E-state index is -0.488. The van der Waals surface area contributed by atoms with Crippen LogP contribution in [0.5, 0.6) is 0 Å². The minimum absolute atomic E-state index is 0.0761. The number of amides is 1. The molecule has 1 aromatic heterocycles. The molecule has 1 atom stereocenters. The number of hydrogen-bond acceptors (Lipinski definition) is 6. The summed E-state index contributed by atoms with van der Waals surface area (Å²) in [5, 5.41) is 3.26. The van der Waals surface area contributed by atoms with Crippen molar-refractivity contribution in [1.29, 1.82) is 0 Å². The van der Waals surface area contributed by atoms with Crippen molar-refractivity contribution in [3.05, 3.63) is 10.8 Å². The van der Waals surface area contributed by atoms with Gasteiger partial charge in [-0.25, -0.2) is 14.8 Å². The second kappa shape index (κ2) is 6.68. The van der Waals surface area contributed by atoms with E-state index < -0.39 is 5.60 Å². The number of carbonyl (C=O) groups is 1. The van der Waals surface area contributed by atoms with Crippen LogP contribution < -0.4 is 11.1 Å². The van der Waals surface area contributed by atoms with E-state index in [4.69, 9.17) is 10.5 Å². The van der Waals surface area contributed by atoms with Gasteiger partial charge in [-0.2, -0.15) is 0 Å². The van der Waals surface area contributed by atoms with Crippen LogP contribution >= 0.6 is 15.9 Å². The minimum Gasteiger partial charge on any atom is -0.444 e. The van der Waals surface area contributed by atoms with E-state index in [1.54, 1.807) is 11.1 Å². The van der Waals surface area contributed by atoms with Gasteiger partial charge >= 0.3 is 6.09 Å². The van der Waals surface area contributed by atoms with Crippen LogP contribution in [0.1, 0.15) is 33.6 Å². The van der Waals surface area contributed by atoms with Crippen molar-refractivity contribution < 1.29 is 9.53 Å². The third kappa shape index (κ3) is 4.72. The molecular weight excluding hydrogens is 350 g/mol. The first-order valence-corrected chi connectivity index (χ1v) is 8.06. The Labute approximate surface area is 138 Å². The molecule has 1 fully saturated rings. The van der Waals surface area contributed by atoms with Crippen LogP contribution in [-0.4, -0.2) is 45.7 Å². The standard InChI is InChI=1S/C14H22BrN5O2/c1-14(2,3)22-13(21)20-6-4-5-9(8-20)18-12-11(16)17-7-10(15)19-12/h7,9H,4-6,8H2,1-3H3,(H2,16,17)(H,18,19)/t9-/m0/s1. The summed E-state index contributed by atoms with van der Waals surface area (Å²) >= 11 is 3.28. The van der Waals surface area contributed by atoms with Crippen LogP contribution in [0.15, 0.2) is 10.8 Å². The van der Waals surface area contributed by atoms with Crippen LogP contribution in [0.4, 0.5) is 16.4 Å². The molecule has 3 N–H and O–H groups in total. The maximum Gasteiger partial charge on any atom is 0.410 e. The Morgan fingerprint density at radius 1 is 1.55 bits per heavy atom. The van der Waals surface area contributed by atoms with Crippen molar-refractivity contribution in [2.75, 3.05) is 24.1 Å². The molecular formula is C14H22BrN5O2. The predicted molar refractivity (Wildman–Crippen MR) is 88.6 cm³/mol. The highest BCUT2D eigenvalue weighted by Gasteiger charge is 2.28. The number of piperidine rings is 1. The topological polar surface area (TPSA) is 93.4 Å². The molecule has 0 spiro atoms. The molecule has 2 heterocycles. The number of nitrogen functional groups attached to an aromatic ring is 1. The number of nitrogens with two attached hydrogens (primary N) is 1. The van der Waals surface area contributed by atoms with Gasteiger partial charge < -0.3 is 20.7 Å². The van der Waals surface area contributed by atoms with Crippen LogP contribution in [-0.2, 0) is 4.74 Å². The predicted octanol–water partition coefficient (Wildman–Crippen LogP) is 2.63. The van der Waals surface area contributed by atoms with Gasteiger partial charge in [0.05, 0.1) is 6.20 Å². The summed E-state index contributed by atoms with van der Waals surface area (Å²) < 4.78 is 6.03. The van der Waals surface area contributed by atoms with E-state index in [1.165, 1.54) is 0 Å². The summed E-state index contributed by atoms with van der Waals surface area (Å²) in [6.07, 6.45) is 3.10. The number of carbonyl (C=O) groups excluding carboxylic acids is 1. The van der Waals surface area contributed by atoms with Gasteiger partial charge in [-0.3, -0.25) is 0 Å². The molecule has 8 heteroatoms. The molecule has 0 radical (unpaired) electrons. The molecule has 1 aliphatic heterocycles. The summed E-state index contributed by atoms with van der Waals surface area (Å²) in [6.45, 7) is 6.85. The Bertz CT molecular complexity index is 547. The van der Waals surface area contributed by atoms with E-state index in [0.717, 1.165) is 12.8 Å². The van der Waals surface area contributed by atoms with Gasteiger partial charge in [0.1, 0.15) is 10.2 Å². The van der Waals surface area contributed by atoms with E-state index in [2.05, 4.69) is 31.2 Å². The molecule has 1 aliphatic rings. The summed E-state index contributed by atoms with van der Waals surface area (Å²) in [5.41, 5.74) is 5.33. The second-order valence-electron chi connectivity index (χ2n) is 6.34. The highest BCUT2D eigenvalue weighted by atomic mass is 79.9. The van der Waals surface area contributed by atoms with Crippen molar-refractivity contribution in [2.45, 2.75) is 45.3 Å². The van der Waals surface area contributed by atoms with Crippen molar-refractivity contribution in [1.82, 2.24) is 14.9 Å². The van der Waals surface area contributed by atoms with E-state index in [1.807, 2.05) is 20.8 Å². The number of anilines is 2. The lowest BCUT2D eigenvalue weighted by Gasteiger charge is -2.34. The van der Waals surface area contributed by atoms with Crippen molar-refractivity contribution in [3.8, 4) is 0 Å². The normalized spacial score (nSPS) is 18.9. The molecule has 0 unspecified atom stereocenters. The van der Waals surface area contributed by atoms with Crippen molar-refractivity contribution >= 4 is 33.7 Å². The maximum atomic E-state index is 12.1. The highest BCUT2D eigenvalue weighted by molar-refractivity contribution is 9.10. The fraction of sp³-hybridized carbons (Fsp3) is 0.643. The lowest BCUT2D eigenvalue weighted by Crippen LogP contribution is -2.47. The maximum absolute atomic E-state index is 12.1. The lowest BCUT2D eigenvalue weighted by atomic mass is 10.1. The third-order valence-corrected chi connectivity index (χ3v) is 3.57. The summed E-state index contributed by atoms with van der Waals surface area (Å²) in [6, 6.07) is 0.0761. The first kappa shape index (κ1) is 16.8. The highest BCUT2D eigenvalue weighted by Crippen LogP contribution is 2.21. The number of rotatable bonds is 2. The van der Waals surface area contributed by atoms with E-state index >= 15 is 0 Å². The van der Waals surface area contributed by atoms with Crippen molar-refractivity contribution in [2.24, 2.45) is 0 Å². The van der Waals surface area contributed by atoms with Gasteiger partial charge in [-0.15, -0.1) is 0 Å². The molecule has 2 rings (SSSR count). The van der Waals surface area contributed by atoms with E-state index in [-0.39, 0.29) is 12.1 Å². The van der Waals surface area contributed by atoms with E-state index in [0.29, 0.717) is 29.3 Å². The number of nitrogens with one attached hydrogen (secondary N) is 1. The van der Waals surface area contributed by atoms with Crippen LogP contribution in [0.25, 0.3) is 0 Å². The second-order valence-corrected chi connectivity index (χ2v) is 7.15. The molecule has 1 amide bonds. The van der Waals surface area contributed by atoms with Crippen LogP contribution in [0.3, 0.4) is 0 Å². The number of hydrogen-bond donors (Lipinski definition) is 2. The molecule has 22 heavy (non-hydrogen) atoms. The summed E-state index contributed by atoms with van der Waals surface area (Å²) in [4.78, 5) is 22.2.